The highest BCUT2D eigenvalue weighted by Gasteiger charge is 2.14. The minimum atomic E-state index is 0.325. The van der Waals surface area contributed by atoms with Crippen LogP contribution in [0.15, 0.2) is 60.8 Å². The average Bonchev–Trinajstić information content (AvgIpc) is 3.06. The maximum absolute atomic E-state index is 9.40. The predicted molar refractivity (Wildman–Crippen MR) is 94.3 cm³/mol. The Morgan fingerprint density at radius 3 is 2.70 bits per heavy atom. The van der Waals surface area contributed by atoms with Gasteiger partial charge in [-0.05, 0) is 47.4 Å². The molecule has 0 fully saturated rings. The van der Waals surface area contributed by atoms with Crippen molar-refractivity contribution in [2.24, 2.45) is 0 Å². The van der Waals surface area contributed by atoms with Crippen molar-refractivity contribution in [2.75, 3.05) is 13.1 Å². The average molecular weight is 304 g/mol. The first-order valence-corrected chi connectivity index (χ1v) is 8.05. The van der Waals surface area contributed by atoms with Crippen molar-refractivity contribution in [3.8, 4) is 5.75 Å². The molecule has 4 rings (SSSR count). The van der Waals surface area contributed by atoms with E-state index in [0.29, 0.717) is 5.75 Å². The molecule has 3 nitrogen and oxygen atoms in total. The molecule has 0 unspecified atom stereocenters. The lowest BCUT2D eigenvalue weighted by atomic mass is 9.99. The molecule has 0 saturated carbocycles. The molecular weight excluding hydrogens is 284 g/mol. The SMILES string of the molecule is Oc1ccc(C2=CCN(Cc3cccc4[nH]ccc34)CC2)cc1. The largest absolute Gasteiger partial charge is 0.508 e. The lowest BCUT2D eigenvalue weighted by Crippen LogP contribution is -2.28. The van der Waals surface area contributed by atoms with E-state index >= 15 is 0 Å². The number of hydrogen-bond acceptors (Lipinski definition) is 2. The summed E-state index contributed by atoms with van der Waals surface area (Å²) in [5, 5.41) is 10.7. The van der Waals surface area contributed by atoms with E-state index < -0.39 is 0 Å². The first-order valence-electron chi connectivity index (χ1n) is 8.05. The van der Waals surface area contributed by atoms with Crippen molar-refractivity contribution in [1.29, 1.82) is 0 Å². The summed E-state index contributed by atoms with van der Waals surface area (Å²) in [6, 6.07) is 16.1. The molecule has 0 bridgehead atoms. The topological polar surface area (TPSA) is 39.3 Å². The molecule has 1 aliphatic rings. The molecule has 2 aromatic carbocycles. The molecular formula is C20H20N2O. The second-order valence-corrected chi connectivity index (χ2v) is 6.12. The molecule has 2 N–H and O–H groups in total. The second-order valence-electron chi connectivity index (χ2n) is 6.12. The van der Waals surface area contributed by atoms with E-state index in [9.17, 15) is 5.11 Å². The molecule has 0 atom stereocenters. The van der Waals surface area contributed by atoms with Crippen molar-refractivity contribution >= 4 is 16.5 Å². The number of benzene rings is 2. The smallest absolute Gasteiger partial charge is 0.115 e. The summed E-state index contributed by atoms with van der Waals surface area (Å²) in [6.45, 7) is 3.01. The van der Waals surface area contributed by atoms with Crippen LogP contribution in [0, 0.1) is 0 Å². The molecule has 0 saturated heterocycles. The fourth-order valence-electron chi connectivity index (χ4n) is 3.32. The zero-order chi connectivity index (χ0) is 15.6. The molecule has 0 radical (unpaired) electrons. The van der Waals surface area contributed by atoms with Gasteiger partial charge in [0.25, 0.3) is 0 Å². The van der Waals surface area contributed by atoms with E-state index in [1.54, 1.807) is 12.1 Å². The van der Waals surface area contributed by atoms with E-state index in [1.807, 2.05) is 18.3 Å². The number of hydrogen-bond donors (Lipinski definition) is 2. The molecule has 3 heteroatoms. The quantitative estimate of drug-likeness (QED) is 0.762. The number of nitrogens with zero attached hydrogens (tertiary/aromatic N) is 1. The number of nitrogens with one attached hydrogen (secondary N) is 1. The van der Waals surface area contributed by atoms with Gasteiger partial charge in [-0.2, -0.15) is 0 Å². The Balaban J connectivity index is 1.49. The van der Waals surface area contributed by atoms with Gasteiger partial charge in [0.1, 0.15) is 5.75 Å². The highest BCUT2D eigenvalue weighted by atomic mass is 16.3. The van der Waals surface area contributed by atoms with Crippen LogP contribution in [0.2, 0.25) is 0 Å². The van der Waals surface area contributed by atoms with Gasteiger partial charge in [0.05, 0.1) is 0 Å². The first kappa shape index (κ1) is 14.1. The molecule has 0 spiro atoms. The zero-order valence-corrected chi connectivity index (χ0v) is 13.0. The number of phenolic OH excluding ortho intramolecular Hbond substituents is 1. The maximum atomic E-state index is 9.40. The fraction of sp³-hybridized carbons (Fsp3) is 0.200. The molecule has 0 aliphatic carbocycles. The Hall–Kier alpha value is -2.52. The van der Waals surface area contributed by atoms with Gasteiger partial charge in [-0.3, -0.25) is 4.90 Å². The molecule has 3 aromatic rings. The fourth-order valence-corrected chi connectivity index (χ4v) is 3.32. The summed E-state index contributed by atoms with van der Waals surface area (Å²) in [6.07, 6.45) is 5.37. The third-order valence-corrected chi connectivity index (χ3v) is 4.61. The van der Waals surface area contributed by atoms with E-state index in [2.05, 4.69) is 40.2 Å². The number of rotatable bonds is 3. The minimum Gasteiger partial charge on any atom is -0.508 e. The van der Waals surface area contributed by atoms with Crippen molar-refractivity contribution < 1.29 is 5.11 Å². The molecule has 1 aliphatic heterocycles. The third kappa shape index (κ3) is 2.88. The van der Waals surface area contributed by atoms with Crippen LogP contribution >= 0.6 is 0 Å². The molecule has 0 amide bonds. The van der Waals surface area contributed by atoms with Gasteiger partial charge >= 0.3 is 0 Å². The van der Waals surface area contributed by atoms with Crippen LogP contribution < -0.4 is 0 Å². The predicted octanol–water partition coefficient (Wildman–Crippen LogP) is 4.16. The number of fused-ring (bicyclic) bond motifs is 1. The van der Waals surface area contributed by atoms with Gasteiger partial charge < -0.3 is 10.1 Å². The van der Waals surface area contributed by atoms with Gasteiger partial charge in [-0.1, -0.05) is 30.3 Å². The summed E-state index contributed by atoms with van der Waals surface area (Å²) < 4.78 is 0. The number of aromatic amines is 1. The highest BCUT2D eigenvalue weighted by Crippen LogP contribution is 2.26. The van der Waals surface area contributed by atoms with Crippen molar-refractivity contribution in [3.63, 3.8) is 0 Å². The van der Waals surface area contributed by atoms with Crippen LogP contribution in [0.3, 0.4) is 0 Å². The third-order valence-electron chi connectivity index (χ3n) is 4.61. The minimum absolute atomic E-state index is 0.325. The maximum Gasteiger partial charge on any atom is 0.115 e. The Morgan fingerprint density at radius 2 is 1.91 bits per heavy atom. The number of aromatic hydroxyl groups is 1. The van der Waals surface area contributed by atoms with Gasteiger partial charge in [0.2, 0.25) is 0 Å². The first-order chi connectivity index (χ1) is 11.3. The normalized spacial score (nSPS) is 15.7. The summed E-state index contributed by atoms with van der Waals surface area (Å²) in [7, 11) is 0. The van der Waals surface area contributed by atoms with Gasteiger partial charge in [-0.15, -0.1) is 0 Å². The number of H-pyrrole nitrogens is 1. The highest BCUT2D eigenvalue weighted by molar-refractivity contribution is 5.82. The zero-order valence-electron chi connectivity index (χ0n) is 13.0. The van der Waals surface area contributed by atoms with E-state index in [1.165, 1.54) is 27.6 Å². The Bertz CT molecular complexity index is 845. The van der Waals surface area contributed by atoms with Gasteiger partial charge in [-0.25, -0.2) is 0 Å². The van der Waals surface area contributed by atoms with Crippen LogP contribution in [0.5, 0.6) is 5.75 Å². The Labute approximate surface area is 135 Å². The Morgan fingerprint density at radius 1 is 1.04 bits per heavy atom. The van der Waals surface area contributed by atoms with E-state index in [0.717, 1.165) is 26.1 Å². The van der Waals surface area contributed by atoms with Crippen molar-refractivity contribution in [2.45, 2.75) is 13.0 Å². The standard InChI is InChI=1S/C20H20N2O/c23-18-6-4-15(5-7-18)16-9-12-22(13-10-16)14-17-2-1-3-20-19(17)8-11-21-20/h1-9,11,21,23H,10,12-14H2. The van der Waals surface area contributed by atoms with Crippen LogP contribution in [-0.4, -0.2) is 28.1 Å². The lowest BCUT2D eigenvalue weighted by molar-refractivity contribution is 0.295. The summed E-state index contributed by atoms with van der Waals surface area (Å²) in [5.41, 5.74) is 5.18. The van der Waals surface area contributed by atoms with Crippen LogP contribution in [0.1, 0.15) is 17.5 Å². The van der Waals surface area contributed by atoms with Gasteiger partial charge in [0.15, 0.2) is 0 Å². The number of phenols is 1. The van der Waals surface area contributed by atoms with E-state index in [4.69, 9.17) is 0 Å². The van der Waals surface area contributed by atoms with Crippen LogP contribution in [-0.2, 0) is 6.54 Å². The monoisotopic (exact) mass is 304 g/mol. The second kappa shape index (κ2) is 5.94. The van der Waals surface area contributed by atoms with Crippen molar-refractivity contribution in [1.82, 2.24) is 9.88 Å². The van der Waals surface area contributed by atoms with E-state index in [-0.39, 0.29) is 0 Å². The summed E-state index contributed by atoms with van der Waals surface area (Å²) in [5.74, 6) is 0.325. The molecule has 2 heterocycles. The molecule has 1 aromatic heterocycles. The summed E-state index contributed by atoms with van der Waals surface area (Å²) in [4.78, 5) is 5.76. The molecule has 23 heavy (non-hydrogen) atoms. The van der Waals surface area contributed by atoms with Crippen molar-refractivity contribution in [3.05, 3.63) is 71.9 Å². The number of aromatic nitrogens is 1. The summed E-state index contributed by atoms with van der Waals surface area (Å²) >= 11 is 0. The lowest BCUT2D eigenvalue weighted by Gasteiger charge is -2.26. The molecule has 116 valence electrons. The van der Waals surface area contributed by atoms with Crippen LogP contribution in [0.25, 0.3) is 16.5 Å². The Kier molecular flexibility index (Phi) is 3.64. The van der Waals surface area contributed by atoms with Gasteiger partial charge in [0, 0.05) is 36.7 Å². The van der Waals surface area contributed by atoms with Crippen LogP contribution in [0.4, 0.5) is 0 Å².